The standard InChI is InChI=1S/C23H23N5O2S2/c1-4-28-21(17-9-11-18(30-3)12-10-17)26-27-23(28)32-14-20(29)25-22-24-19(13-31-22)16-7-5-15(2)6-8-16/h5-13H,4,14H2,1-3H3,(H,24,25,29). The fraction of sp³-hybridized carbons (Fsp3) is 0.217. The van der Waals surface area contributed by atoms with Crippen LogP contribution in [0.15, 0.2) is 59.1 Å². The number of carbonyl (C=O) groups excluding carboxylic acids is 1. The van der Waals surface area contributed by atoms with E-state index in [0.717, 1.165) is 28.4 Å². The van der Waals surface area contributed by atoms with Gasteiger partial charge >= 0.3 is 0 Å². The summed E-state index contributed by atoms with van der Waals surface area (Å²) in [5.74, 6) is 1.65. The van der Waals surface area contributed by atoms with Crippen molar-refractivity contribution in [3.63, 3.8) is 0 Å². The van der Waals surface area contributed by atoms with Gasteiger partial charge in [0.2, 0.25) is 5.91 Å². The van der Waals surface area contributed by atoms with Crippen molar-refractivity contribution in [1.29, 1.82) is 0 Å². The fourth-order valence-corrected chi connectivity index (χ4v) is 4.65. The van der Waals surface area contributed by atoms with Gasteiger partial charge in [-0.15, -0.1) is 21.5 Å². The van der Waals surface area contributed by atoms with Crippen LogP contribution >= 0.6 is 23.1 Å². The van der Waals surface area contributed by atoms with Crippen molar-refractivity contribution in [2.75, 3.05) is 18.2 Å². The number of amides is 1. The Morgan fingerprint density at radius 1 is 1.09 bits per heavy atom. The van der Waals surface area contributed by atoms with E-state index in [2.05, 4.69) is 20.5 Å². The molecule has 2 aromatic heterocycles. The van der Waals surface area contributed by atoms with Gasteiger partial charge in [0.25, 0.3) is 0 Å². The first-order valence-electron chi connectivity index (χ1n) is 10.1. The number of aryl methyl sites for hydroxylation is 1. The number of rotatable bonds is 8. The second-order valence-corrected chi connectivity index (χ2v) is 8.82. The van der Waals surface area contributed by atoms with Gasteiger partial charge in [-0.1, -0.05) is 41.6 Å². The zero-order chi connectivity index (χ0) is 22.5. The highest BCUT2D eigenvalue weighted by Gasteiger charge is 2.15. The molecule has 0 unspecified atom stereocenters. The molecular weight excluding hydrogens is 442 g/mol. The lowest BCUT2D eigenvalue weighted by Gasteiger charge is -2.08. The summed E-state index contributed by atoms with van der Waals surface area (Å²) < 4.78 is 7.21. The Hall–Kier alpha value is -3.17. The summed E-state index contributed by atoms with van der Waals surface area (Å²) >= 11 is 2.77. The Morgan fingerprint density at radius 2 is 1.81 bits per heavy atom. The number of thioether (sulfide) groups is 1. The number of thiazole rings is 1. The number of nitrogens with zero attached hydrogens (tertiary/aromatic N) is 4. The largest absolute Gasteiger partial charge is 0.497 e. The number of hydrogen-bond donors (Lipinski definition) is 1. The molecule has 0 aliphatic carbocycles. The van der Waals surface area contributed by atoms with Crippen molar-refractivity contribution >= 4 is 34.1 Å². The van der Waals surface area contributed by atoms with E-state index in [4.69, 9.17) is 4.74 Å². The third-order valence-corrected chi connectivity index (χ3v) is 6.54. The van der Waals surface area contributed by atoms with Crippen LogP contribution in [0.1, 0.15) is 12.5 Å². The number of aromatic nitrogens is 4. The SMILES string of the molecule is CCn1c(SCC(=O)Nc2nc(-c3ccc(C)cc3)cs2)nnc1-c1ccc(OC)cc1. The van der Waals surface area contributed by atoms with Gasteiger partial charge in [-0.05, 0) is 38.1 Å². The Morgan fingerprint density at radius 3 is 2.50 bits per heavy atom. The minimum Gasteiger partial charge on any atom is -0.497 e. The first-order chi connectivity index (χ1) is 15.6. The van der Waals surface area contributed by atoms with Crippen molar-refractivity contribution < 1.29 is 9.53 Å². The van der Waals surface area contributed by atoms with Gasteiger partial charge in [0.15, 0.2) is 16.1 Å². The van der Waals surface area contributed by atoms with Crippen LogP contribution in [0.2, 0.25) is 0 Å². The van der Waals surface area contributed by atoms with Crippen LogP contribution in [-0.4, -0.2) is 38.5 Å². The first kappa shape index (κ1) is 22.0. The summed E-state index contributed by atoms with van der Waals surface area (Å²) in [6, 6.07) is 15.8. The van der Waals surface area contributed by atoms with Crippen LogP contribution in [-0.2, 0) is 11.3 Å². The van der Waals surface area contributed by atoms with Crippen LogP contribution < -0.4 is 10.1 Å². The summed E-state index contributed by atoms with van der Waals surface area (Å²) in [5.41, 5.74) is 4.03. The molecule has 0 aliphatic heterocycles. The zero-order valence-corrected chi connectivity index (χ0v) is 19.7. The number of nitrogens with one attached hydrogen (secondary N) is 1. The molecule has 4 aromatic rings. The average Bonchev–Trinajstić information content (AvgIpc) is 3.45. The van der Waals surface area contributed by atoms with Crippen LogP contribution in [0.5, 0.6) is 5.75 Å². The highest BCUT2D eigenvalue weighted by atomic mass is 32.2. The molecule has 2 aromatic carbocycles. The molecule has 0 saturated heterocycles. The lowest BCUT2D eigenvalue weighted by atomic mass is 10.1. The number of carbonyl (C=O) groups is 1. The molecule has 1 N–H and O–H groups in total. The Kier molecular flexibility index (Phi) is 6.87. The third kappa shape index (κ3) is 5.00. The summed E-state index contributed by atoms with van der Waals surface area (Å²) in [5, 5.41) is 14.7. The second kappa shape index (κ2) is 9.97. The van der Waals surface area contributed by atoms with E-state index in [9.17, 15) is 4.79 Å². The molecule has 0 saturated carbocycles. The van der Waals surface area contributed by atoms with Gasteiger partial charge in [0, 0.05) is 23.1 Å². The topological polar surface area (TPSA) is 81.9 Å². The maximum atomic E-state index is 12.5. The molecule has 0 spiro atoms. The van der Waals surface area contributed by atoms with E-state index in [1.54, 1.807) is 7.11 Å². The Balaban J connectivity index is 1.39. The van der Waals surface area contributed by atoms with Crippen molar-refractivity contribution in [3.8, 4) is 28.4 Å². The van der Waals surface area contributed by atoms with Gasteiger partial charge in [0.05, 0.1) is 18.6 Å². The van der Waals surface area contributed by atoms with Gasteiger partial charge in [-0.2, -0.15) is 0 Å². The van der Waals surface area contributed by atoms with E-state index in [1.807, 2.05) is 72.3 Å². The average molecular weight is 466 g/mol. The van der Waals surface area contributed by atoms with E-state index < -0.39 is 0 Å². The monoisotopic (exact) mass is 465 g/mol. The minimum atomic E-state index is -0.128. The molecule has 0 radical (unpaired) electrons. The van der Waals surface area contributed by atoms with Gasteiger partial charge in [0.1, 0.15) is 5.75 Å². The third-order valence-electron chi connectivity index (χ3n) is 4.81. The maximum absolute atomic E-state index is 12.5. The van der Waals surface area contributed by atoms with Gasteiger partial charge in [-0.25, -0.2) is 4.98 Å². The number of hydrogen-bond acceptors (Lipinski definition) is 7. The predicted octanol–water partition coefficient (Wildman–Crippen LogP) is 5.14. The van der Waals surface area contributed by atoms with Crippen LogP contribution in [0, 0.1) is 6.92 Å². The van der Waals surface area contributed by atoms with Crippen molar-refractivity contribution in [2.45, 2.75) is 25.5 Å². The van der Waals surface area contributed by atoms with E-state index >= 15 is 0 Å². The molecular formula is C23H23N5O2S2. The predicted molar refractivity (Wildman–Crippen MR) is 129 cm³/mol. The molecule has 9 heteroatoms. The fourth-order valence-electron chi connectivity index (χ4n) is 3.11. The van der Waals surface area contributed by atoms with E-state index in [0.29, 0.717) is 16.8 Å². The summed E-state index contributed by atoms with van der Waals surface area (Å²) in [6.45, 7) is 4.78. The molecule has 32 heavy (non-hydrogen) atoms. The van der Waals surface area contributed by atoms with Gasteiger partial charge in [-0.3, -0.25) is 4.79 Å². The Bertz CT molecular complexity index is 1200. The molecule has 1 amide bonds. The number of ether oxygens (including phenoxy) is 1. The lowest BCUT2D eigenvalue weighted by molar-refractivity contribution is -0.113. The smallest absolute Gasteiger partial charge is 0.236 e. The van der Waals surface area contributed by atoms with Crippen molar-refractivity contribution in [3.05, 3.63) is 59.5 Å². The van der Waals surface area contributed by atoms with Crippen LogP contribution in [0.25, 0.3) is 22.6 Å². The molecule has 0 atom stereocenters. The quantitative estimate of drug-likeness (QED) is 0.363. The normalized spacial score (nSPS) is 10.8. The van der Waals surface area contributed by atoms with E-state index in [1.165, 1.54) is 28.7 Å². The van der Waals surface area contributed by atoms with Crippen molar-refractivity contribution in [2.24, 2.45) is 0 Å². The minimum absolute atomic E-state index is 0.128. The van der Waals surface area contributed by atoms with Gasteiger partial charge < -0.3 is 14.6 Å². The number of anilines is 1. The summed E-state index contributed by atoms with van der Waals surface area (Å²) in [7, 11) is 1.64. The highest BCUT2D eigenvalue weighted by Crippen LogP contribution is 2.27. The zero-order valence-electron chi connectivity index (χ0n) is 18.0. The van der Waals surface area contributed by atoms with Crippen LogP contribution in [0.4, 0.5) is 5.13 Å². The molecule has 2 heterocycles. The summed E-state index contributed by atoms with van der Waals surface area (Å²) in [4.78, 5) is 17.0. The van der Waals surface area contributed by atoms with Crippen molar-refractivity contribution in [1.82, 2.24) is 19.7 Å². The molecule has 0 bridgehead atoms. The number of benzene rings is 2. The van der Waals surface area contributed by atoms with Crippen LogP contribution in [0.3, 0.4) is 0 Å². The maximum Gasteiger partial charge on any atom is 0.236 e. The lowest BCUT2D eigenvalue weighted by Crippen LogP contribution is -2.14. The molecule has 0 aliphatic rings. The second-order valence-electron chi connectivity index (χ2n) is 7.02. The highest BCUT2D eigenvalue weighted by molar-refractivity contribution is 7.99. The number of methoxy groups -OCH3 is 1. The Labute approximate surface area is 194 Å². The molecule has 7 nitrogen and oxygen atoms in total. The molecule has 164 valence electrons. The first-order valence-corrected chi connectivity index (χ1v) is 12.0. The molecule has 0 fully saturated rings. The molecule has 4 rings (SSSR count). The van der Waals surface area contributed by atoms with E-state index in [-0.39, 0.29) is 11.7 Å². The summed E-state index contributed by atoms with van der Waals surface area (Å²) in [6.07, 6.45) is 0.